The van der Waals surface area contributed by atoms with Gasteiger partial charge in [0.1, 0.15) is 0 Å². The van der Waals surface area contributed by atoms with Gasteiger partial charge in [-0.2, -0.15) is 0 Å². The molecule has 1 aromatic heterocycles. The summed E-state index contributed by atoms with van der Waals surface area (Å²) in [7, 11) is 0. The molecule has 0 amide bonds. The molecule has 0 aliphatic carbocycles. The van der Waals surface area contributed by atoms with Crippen LogP contribution < -0.4 is 5.73 Å². The Morgan fingerprint density at radius 2 is 1.68 bits per heavy atom. The summed E-state index contributed by atoms with van der Waals surface area (Å²) in [5.41, 5.74) is 7.98. The molecule has 0 fully saturated rings. The van der Waals surface area contributed by atoms with Crippen molar-refractivity contribution in [3.8, 4) is 0 Å². The molecule has 0 saturated heterocycles. The van der Waals surface area contributed by atoms with Crippen molar-refractivity contribution in [3.63, 3.8) is 0 Å². The molecule has 0 saturated carbocycles. The second kappa shape index (κ2) is 7.22. The molecule has 2 aromatic rings. The number of nitrogen functional groups attached to an aromatic ring is 1. The van der Waals surface area contributed by atoms with Gasteiger partial charge in [-0.1, -0.05) is 51.5 Å². The monoisotopic (exact) mass is 258 g/mol. The summed E-state index contributed by atoms with van der Waals surface area (Å²) in [6.07, 6.45) is 11.7. The lowest BCUT2D eigenvalue weighted by atomic mass is 10.1. The number of fused-ring (bicyclic) bond motifs is 1. The van der Waals surface area contributed by atoms with E-state index in [9.17, 15) is 0 Å². The van der Waals surface area contributed by atoms with Crippen molar-refractivity contribution < 1.29 is 0 Å². The molecule has 1 heterocycles. The zero-order chi connectivity index (χ0) is 13.5. The lowest BCUT2D eigenvalue weighted by Gasteiger charge is -2.06. The summed E-state index contributed by atoms with van der Waals surface area (Å²) in [5, 5.41) is 1.29. The highest BCUT2D eigenvalue weighted by atomic mass is 14.9. The maximum Gasteiger partial charge on any atom is 0.0500 e. The lowest BCUT2D eigenvalue weighted by Crippen LogP contribution is -1.96. The molecule has 0 aliphatic rings. The third-order valence-electron chi connectivity index (χ3n) is 3.80. The number of hydrogen-bond acceptors (Lipinski definition) is 1. The smallest absolute Gasteiger partial charge is 0.0500 e. The fourth-order valence-electron chi connectivity index (χ4n) is 2.64. The number of benzene rings is 1. The number of rotatable bonds is 8. The van der Waals surface area contributed by atoms with E-state index in [1.54, 1.807) is 0 Å². The summed E-state index contributed by atoms with van der Waals surface area (Å²) in [5.74, 6) is 0. The molecular weight excluding hydrogens is 232 g/mol. The van der Waals surface area contributed by atoms with Crippen molar-refractivity contribution in [1.82, 2.24) is 4.57 Å². The van der Waals surface area contributed by atoms with E-state index in [-0.39, 0.29) is 0 Å². The largest absolute Gasteiger partial charge is 0.399 e. The van der Waals surface area contributed by atoms with Crippen molar-refractivity contribution in [2.75, 3.05) is 5.73 Å². The first kappa shape index (κ1) is 14.0. The second-order valence-corrected chi connectivity index (χ2v) is 5.45. The molecule has 19 heavy (non-hydrogen) atoms. The molecular formula is C17H26N2. The average molecular weight is 258 g/mol. The van der Waals surface area contributed by atoms with Crippen LogP contribution in [0.2, 0.25) is 0 Å². The first-order valence-electron chi connectivity index (χ1n) is 7.65. The van der Waals surface area contributed by atoms with Gasteiger partial charge in [0, 0.05) is 18.4 Å². The molecule has 2 rings (SSSR count). The predicted molar refractivity (Wildman–Crippen MR) is 84.3 cm³/mol. The van der Waals surface area contributed by atoms with Gasteiger partial charge in [0.2, 0.25) is 0 Å². The van der Waals surface area contributed by atoms with Gasteiger partial charge < -0.3 is 10.3 Å². The van der Waals surface area contributed by atoms with Crippen LogP contribution in [0, 0.1) is 0 Å². The first-order chi connectivity index (χ1) is 9.31. The van der Waals surface area contributed by atoms with E-state index in [1.165, 1.54) is 55.8 Å². The van der Waals surface area contributed by atoms with Gasteiger partial charge in [-0.25, -0.2) is 0 Å². The number of unbranched alkanes of at least 4 members (excludes halogenated alkanes) is 6. The van der Waals surface area contributed by atoms with Gasteiger partial charge >= 0.3 is 0 Å². The standard InChI is InChI=1S/C17H26N2/c1-2-3-4-5-6-7-8-12-19-13-11-15-9-10-16(18)14-17(15)19/h9-11,13-14H,2-8,12,18H2,1H3. The van der Waals surface area contributed by atoms with E-state index in [0.29, 0.717) is 0 Å². The lowest BCUT2D eigenvalue weighted by molar-refractivity contribution is 0.556. The van der Waals surface area contributed by atoms with Crippen molar-refractivity contribution in [2.24, 2.45) is 0 Å². The fraction of sp³-hybridized carbons (Fsp3) is 0.529. The topological polar surface area (TPSA) is 30.9 Å². The normalized spacial score (nSPS) is 11.2. The van der Waals surface area contributed by atoms with Gasteiger partial charge in [-0.3, -0.25) is 0 Å². The summed E-state index contributed by atoms with van der Waals surface area (Å²) in [6.45, 7) is 3.38. The number of nitrogens with two attached hydrogens (primary N) is 1. The Labute approximate surface area is 116 Å². The van der Waals surface area contributed by atoms with E-state index >= 15 is 0 Å². The van der Waals surface area contributed by atoms with Gasteiger partial charge in [0.05, 0.1) is 5.52 Å². The predicted octanol–water partition coefficient (Wildman–Crippen LogP) is 4.97. The van der Waals surface area contributed by atoms with Gasteiger partial charge in [0.25, 0.3) is 0 Å². The van der Waals surface area contributed by atoms with Crippen LogP contribution >= 0.6 is 0 Å². The highest BCUT2D eigenvalue weighted by Crippen LogP contribution is 2.19. The third kappa shape index (κ3) is 4.02. The summed E-state index contributed by atoms with van der Waals surface area (Å²) < 4.78 is 2.33. The Balaban J connectivity index is 1.77. The molecule has 0 unspecified atom stereocenters. The van der Waals surface area contributed by atoms with Crippen LogP contribution in [0.1, 0.15) is 51.9 Å². The van der Waals surface area contributed by atoms with Crippen LogP contribution in [0.4, 0.5) is 5.69 Å². The van der Waals surface area contributed by atoms with Crippen molar-refractivity contribution in [1.29, 1.82) is 0 Å². The maximum absolute atomic E-state index is 5.86. The number of hydrogen-bond donors (Lipinski definition) is 1. The summed E-state index contributed by atoms with van der Waals surface area (Å²) in [4.78, 5) is 0. The zero-order valence-corrected chi connectivity index (χ0v) is 12.1. The minimum absolute atomic E-state index is 0.854. The quantitative estimate of drug-likeness (QED) is 0.525. The molecule has 2 N–H and O–H groups in total. The zero-order valence-electron chi connectivity index (χ0n) is 12.1. The van der Waals surface area contributed by atoms with Crippen LogP contribution in [0.3, 0.4) is 0 Å². The molecule has 2 nitrogen and oxygen atoms in total. The Morgan fingerprint density at radius 1 is 0.947 bits per heavy atom. The fourth-order valence-corrected chi connectivity index (χ4v) is 2.64. The van der Waals surface area contributed by atoms with Crippen LogP contribution in [-0.2, 0) is 6.54 Å². The molecule has 0 radical (unpaired) electrons. The number of aromatic nitrogens is 1. The van der Waals surface area contributed by atoms with Gasteiger partial charge in [-0.05, 0) is 30.0 Å². The molecule has 0 atom stereocenters. The molecule has 0 spiro atoms. The summed E-state index contributed by atoms with van der Waals surface area (Å²) >= 11 is 0. The molecule has 2 heteroatoms. The molecule has 0 aliphatic heterocycles. The third-order valence-corrected chi connectivity index (χ3v) is 3.80. The summed E-state index contributed by atoms with van der Waals surface area (Å²) in [6, 6.07) is 8.33. The van der Waals surface area contributed by atoms with Crippen molar-refractivity contribution >= 4 is 16.6 Å². The SMILES string of the molecule is CCCCCCCCCn1ccc2ccc(N)cc21. The highest BCUT2D eigenvalue weighted by Gasteiger charge is 2.01. The van der Waals surface area contributed by atoms with E-state index in [2.05, 4.69) is 35.9 Å². The van der Waals surface area contributed by atoms with E-state index in [1.807, 2.05) is 6.07 Å². The molecule has 104 valence electrons. The van der Waals surface area contributed by atoms with Gasteiger partial charge in [-0.15, -0.1) is 0 Å². The minimum Gasteiger partial charge on any atom is -0.399 e. The van der Waals surface area contributed by atoms with Gasteiger partial charge in [0.15, 0.2) is 0 Å². The van der Waals surface area contributed by atoms with E-state index < -0.39 is 0 Å². The molecule has 1 aromatic carbocycles. The Kier molecular flexibility index (Phi) is 5.31. The number of nitrogens with zero attached hydrogens (tertiary/aromatic N) is 1. The minimum atomic E-state index is 0.854. The van der Waals surface area contributed by atoms with Crippen molar-refractivity contribution in [2.45, 2.75) is 58.4 Å². The average Bonchev–Trinajstić information content (AvgIpc) is 2.80. The van der Waals surface area contributed by atoms with Crippen LogP contribution in [0.15, 0.2) is 30.5 Å². The van der Waals surface area contributed by atoms with E-state index in [0.717, 1.165) is 12.2 Å². The van der Waals surface area contributed by atoms with Crippen LogP contribution in [0.5, 0.6) is 0 Å². The number of anilines is 1. The Bertz CT molecular complexity index is 499. The molecule has 0 bridgehead atoms. The van der Waals surface area contributed by atoms with Crippen LogP contribution in [0.25, 0.3) is 10.9 Å². The first-order valence-corrected chi connectivity index (χ1v) is 7.65. The maximum atomic E-state index is 5.86. The highest BCUT2D eigenvalue weighted by molar-refractivity contribution is 5.83. The van der Waals surface area contributed by atoms with E-state index in [4.69, 9.17) is 5.73 Å². The van der Waals surface area contributed by atoms with Crippen LogP contribution in [-0.4, -0.2) is 4.57 Å². The Hall–Kier alpha value is -1.44. The second-order valence-electron chi connectivity index (χ2n) is 5.45. The van der Waals surface area contributed by atoms with Crippen molar-refractivity contribution in [3.05, 3.63) is 30.5 Å². The number of aryl methyl sites for hydroxylation is 1. The Morgan fingerprint density at radius 3 is 2.47 bits per heavy atom.